The Labute approximate surface area is 110 Å². The molecule has 1 N–H and O–H groups in total. The summed E-state index contributed by atoms with van der Waals surface area (Å²) >= 11 is 0. The van der Waals surface area contributed by atoms with Gasteiger partial charge in [-0.25, -0.2) is 9.18 Å². The van der Waals surface area contributed by atoms with E-state index >= 15 is 0 Å². The maximum Gasteiger partial charge on any atom is 0.340 e. The maximum absolute atomic E-state index is 13.7. The molecular weight excluding hydrogens is 245 g/mol. The summed E-state index contributed by atoms with van der Waals surface area (Å²) in [5, 5.41) is 2.92. The van der Waals surface area contributed by atoms with E-state index in [1.54, 1.807) is 30.3 Å². The van der Waals surface area contributed by atoms with Crippen LogP contribution in [0.2, 0.25) is 0 Å². The van der Waals surface area contributed by atoms with Gasteiger partial charge in [-0.1, -0.05) is 24.3 Å². The van der Waals surface area contributed by atoms with Gasteiger partial charge >= 0.3 is 5.97 Å². The van der Waals surface area contributed by atoms with Gasteiger partial charge < -0.3 is 10.1 Å². The smallest absolute Gasteiger partial charge is 0.340 e. The van der Waals surface area contributed by atoms with Crippen LogP contribution in [0.25, 0.3) is 0 Å². The molecule has 0 saturated heterocycles. The normalized spacial score (nSPS) is 16.9. The number of cyclic esters (lactones) is 1. The van der Waals surface area contributed by atoms with E-state index in [4.69, 9.17) is 4.74 Å². The van der Waals surface area contributed by atoms with Crippen molar-refractivity contribution in [3.05, 3.63) is 65.0 Å². The SMILES string of the molecule is Cc1ccc(F)c(N[C@@H]2OC(=O)c3ccccc32)c1. The van der Waals surface area contributed by atoms with Gasteiger partial charge in [0.05, 0.1) is 11.3 Å². The maximum atomic E-state index is 13.7. The van der Waals surface area contributed by atoms with Gasteiger partial charge in [-0.3, -0.25) is 0 Å². The average Bonchev–Trinajstić information content (AvgIpc) is 2.72. The zero-order chi connectivity index (χ0) is 13.4. The second-order valence-corrected chi connectivity index (χ2v) is 4.50. The molecule has 0 aliphatic carbocycles. The fraction of sp³-hybridized carbons (Fsp3) is 0.133. The number of ether oxygens (including phenoxy) is 1. The zero-order valence-corrected chi connectivity index (χ0v) is 10.3. The monoisotopic (exact) mass is 257 g/mol. The summed E-state index contributed by atoms with van der Waals surface area (Å²) in [6.45, 7) is 1.87. The average molecular weight is 257 g/mol. The van der Waals surface area contributed by atoms with Crippen molar-refractivity contribution in [1.29, 1.82) is 0 Å². The Morgan fingerprint density at radius 3 is 2.84 bits per heavy atom. The molecule has 3 rings (SSSR count). The minimum absolute atomic E-state index is 0.328. The Morgan fingerprint density at radius 1 is 1.21 bits per heavy atom. The van der Waals surface area contributed by atoms with Crippen LogP contribution in [0.1, 0.15) is 27.7 Å². The van der Waals surface area contributed by atoms with E-state index in [1.807, 2.05) is 13.0 Å². The van der Waals surface area contributed by atoms with Gasteiger partial charge in [-0.15, -0.1) is 0 Å². The van der Waals surface area contributed by atoms with Crippen LogP contribution in [0.5, 0.6) is 0 Å². The van der Waals surface area contributed by atoms with Crippen molar-refractivity contribution < 1.29 is 13.9 Å². The molecule has 0 radical (unpaired) electrons. The minimum Gasteiger partial charge on any atom is -0.434 e. The highest BCUT2D eigenvalue weighted by molar-refractivity contribution is 5.94. The number of rotatable bonds is 2. The second kappa shape index (κ2) is 4.39. The second-order valence-electron chi connectivity index (χ2n) is 4.50. The Hall–Kier alpha value is -2.36. The van der Waals surface area contributed by atoms with Crippen molar-refractivity contribution in [2.75, 3.05) is 5.32 Å². The number of hydrogen-bond acceptors (Lipinski definition) is 3. The van der Waals surface area contributed by atoms with Gasteiger partial charge in [-0.05, 0) is 30.7 Å². The Balaban J connectivity index is 1.93. The van der Waals surface area contributed by atoms with Crippen LogP contribution in [0.3, 0.4) is 0 Å². The Kier molecular flexibility index (Phi) is 2.71. The summed E-state index contributed by atoms with van der Waals surface area (Å²) in [5.41, 5.74) is 2.51. The molecule has 2 aromatic rings. The van der Waals surface area contributed by atoms with Crippen LogP contribution < -0.4 is 5.32 Å². The molecule has 0 spiro atoms. The minimum atomic E-state index is -0.639. The number of hydrogen-bond donors (Lipinski definition) is 1. The molecular formula is C15H12FNO2. The number of fused-ring (bicyclic) bond motifs is 1. The van der Waals surface area contributed by atoms with E-state index in [0.717, 1.165) is 11.1 Å². The molecule has 0 aromatic heterocycles. The molecule has 2 aromatic carbocycles. The van der Waals surface area contributed by atoms with Gasteiger partial charge in [0, 0.05) is 5.56 Å². The zero-order valence-electron chi connectivity index (χ0n) is 10.3. The lowest BCUT2D eigenvalue weighted by molar-refractivity contribution is 0.0436. The molecule has 1 atom stereocenters. The first kappa shape index (κ1) is 11.7. The predicted octanol–water partition coefficient (Wildman–Crippen LogP) is 3.42. The van der Waals surface area contributed by atoms with E-state index < -0.39 is 6.23 Å². The van der Waals surface area contributed by atoms with Crippen LogP contribution in [0.15, 0.2) is 42.5 Å². The number of benzene rings is 2. The molecule has 3 nitrogen and oxygen atoms in total. The van der Waals surface area contributed by atoms with E-state index in [-0.39, 0.29) is 11.8 Å². The van der Waals surface area contributed by atoms with Crippen LogP contribution in [0.4, 0.5) is 10.1 Å². The molecule has 0 unspecified atom stereocenters. The third kappa shape index (κ3) is 2.05. The van der Waals surface area contributed by atoms with Crippen molar-refractivity contribution in [3.8, 4) is 0 Å². The fourth-order valence-electron chi connectivity index (χ4n) is 2.14. The standard InChI is InChI=1S/C15H12FNO2/c1-9-6-7-12(16)13(8-9)17-14-10-4-2-3-5-11(10)15(18)19-14/h2-8,14,17H,1H3/t14-/m1/s1. The lowest BCUT2D eigenvalue weighted by Gasteiger charge is -2.15. The number of halogens is 1. The highest BCUT2D eigenvalue weighted by atomic mass is 19.1. The fourth-order valence-corrected chi connectivity index (χ4v) is 2.14. The lowest BCUT2D eigenvalue weighted by atomic mass is 10.1. The molecule has 0 bridgehead atoms. The van der Waals surface area contributed by atoms with Crippen molar-refractivity contribution in [1.82, 2.24) is 0 Å². The Morgan fingerprint density at radius 2 is 2.00 bits per heavy atom. The van der Waals surface area contributed by atoms with Gasteiger partial charge in [0.2, 0.25) is 6.23 Å². The highest BCUT2D eigenvalue weighted by Gasteiger charge is 2.30. The van der Waals surface area contributed by atoms with Gasteiger partial charge in [-0.2, -0.15) is 0 Å². The van der Waals surface area contributed by atoms with Crippen molar-refractivity contribution >= 4 is 11.7 Å². The lowest BCUT2D eigenvalue weighted by Crippen LogP contribution is -2.11. The van der Waals surface area contributed by atoms with E-state index in [1.165, 1.54) is 6.07 Å². The highest BCUT2D eigenvalue weighted by Crippen LogP contribution is 2.32. The summed E-state index contributed by atoms with van der Waals surface area (Å²) in [6, 6.07) is 11.9. The number of anilines is 1. The molecule has 96 valence electrons. The van der Waals surface area contributed by atoms with Crippen molar-refractivity contribution in [3.63, 3.8) is 0 Å². The van der Waals surface area contributed by atoms with Gasteiger partial charge in [0.15, 0.2) is 0 Å². The van der Waals surface area contributed by atoms with Crippen LogP contribution in [0, 0.1) is 12.7 Å². The number of nitrogens with one attached hydrogen (secondary N) is 1. The number of carbonyl (C=O) groups is 1. The summed E-state index contributed by atoms with van der Waals surface area (Å²) < 4.78 is 18.9. The predicted molar refractivity (Wildman–Crippen MR) is 69.4 cm³/mol. The van der Waals surface area contributed by atoms with E-state index in [2.05, 4.69) is 5.32 Å². The van der Waals surface area contributed by atoms with Crippen LogP contribution in [-0.2, 0) is 4.74 Å². The van der Waals surface area contributed by atoms with Crippen molar-refractivity contribution in [2.45, 2.75) is 13.2 Å². The first-order valence-electron chi connectivity index (χ1n) is 5.98. The number of esters is 1. The quantitative estimate of drug-likeness (QED) is 0.838. The number of aryl methyl sites for hydroxylation is 1. The Bertz CT molecular complexity index is 654. The summed E-state index contributed by atoms with van der Waals surface area (Å²) in [5.74, 6) is -0.757. The summed E-state index contributed by atoms with van der Waals surface area (Å²) in [4.78, 5) is 11.7. The van der Waals surface area contributed by atoms with Crippen molar-refractivity contribution in [2.24, 2.45) is 0 Å². The van der Waals surface area contributed by atoms with E-state index in [9.17, 15) is 9.18 Å². The first-order valence-corrected chi connectivity index (χ1v) is 5.98. The third-order valence-electron chi connectivity index (χ3n) is 3.10. The van der Waals surface area contributed by atoms with Gasteiger partial charge in [0.1, 0.15) is 5.82 Å². The largest absolute Gasteiger partial charge is 0.434 e. The van der Waals surface area contributed by atoms with Crippen LogP contribution in [-0.4, -0.2) is 5.97 Å². The van der Waals surface area contributed by atoms with Gasteiger partial charge in [0.25, 0.3) is 0 Å². The van der Waals surface area contributed by atoms with E-state index in [0.29, 0.717) is 11.3 Å². The van der Waals surface area contributed by atoms with Crippen LogP contribution >= 0.6 is 0 Å². The summed E-state index contributed by atoms with van der Waals surface area (Å²) in [7, 11) is 0. The molecule has 1 heterocycles. The molecule has 1 aliphatic rings. The molecule has 0 saturated carbocycles. The topological polar surface area (TPSA) is 38.3 Å². The molecule has 0 amide bonds. The number of carbonyl (C=O) groups excluding carboxylic acids is 1. The molecule has 4 heteroatoms. The molecule has 0 fully saturated rings. The molecule has 1 aliphatic heterocycles. The first-order chi connectivity index (χ1) is 9.15. The summed E-state index contributed by atoms with van der Waals surface area (Å²) in [6.07, 6.45) is -0.639. The molecule has 19 heavy (non-hydrogen) atoms. The third-order valence-corrected chi connectivity index (χ3v) is 3.10.